The molecule has 0 saturated carbocycles. The van der Waals surface area contributed by atoms with Gasteiger partial charge in [-0.05, 0) is 43.3 Å². The van der Waals surface area contributed by atoms with E-state index in [9.17, 15) is 27.6 Å². The van der Waals surface area contributed by atoms with Gasteiger partial charge in [-0.25, -0.2) is 15.1 Å². The van der Waals surface area contributed by atoms with E-state index in [2.05, 4.69) is 10.3 Å². The van der Waals surface area contributed by atoms with Crippen molar-refractivity contribution in [3.8, 4) is 5.75 Å². The molecule has 2 heterocycles. The lowest BCUT2D eigenvalue weighted by atomic mass is 10.0. The van der Waals surface area contributed by atoms with Gasteiger partial charge in [0.25, 0.3) is 5.91 Å². The predicted molar refractivity (Wildman–Crippen MR) is 140 cm³/mol. The molecule has 1 aliphatic rings. The SMILES string of the molecule is COC(=O)N1C[C@H](C(=O)NO)[C@H](NC(=O)c2ccc(OCc3cc(C)nc4ccccc34)cc2)C1.O=C(O)C(F)(F)F. The standard InChI is InChI=1S/C25H26N4O6.C2HF3O2/c1-15-11-17(19-5-3-4-6-21(19)26-15)14-35-18-9-7-16(8-10-18)23(30)27-22-13-29(25(32)34-2)12-20(22)24(31)28-33;3-2(4,5)1(6)7/h3-11,20,22,33H,12-14H2,1-2H3,(H,27,30)(H,28,31);(H,6,7)/t20-,22+;/m0./s1. The molecule has 4 N–H and O–H groups in total. The van der Waals surface area contributed by atoms with Crippen LogP contribution in [0, 0.1) is 12.8 Å². The second kappa shape index (κ2) is 13.6. The topological polar surface area (TPSA) is 167 Å². The molecule has 2 atom stereocenters. The first-order valence-electron chi connectivity index (χ1n) is 12.3. The first-order chi connectivity index (χ1) is 19.8. The fraction of sp³-hybridized carbons (Fsp3) is 0.296. The fourth-order valence-corrected chi connectivity index (χ4v) is 4.21. The van der Waals surface area contributed by atoms with Crippen molar-refractivity contribution in [2.75, 3.05) is 20.2 Å². The third-order valence-corrected chi connectivity index (χ3v) is 6.20. The Morgan fingerprint density at radius 3 is 2.31 bits per heavy atom. The molecule has 3 aromatic rings. The van der Waals surface area contributed by atoms with Gasteiger partial charge in [-0.15, -0.1) is 0 Å². The van der Waals surface area contributed by atoms with Crippen molar-refractivity contribution in [2.45, 2.75) is 25.7 Å². The van der Waals surface area contributed by atoms with Crippen LogP contribution in [0.3, 0.4) is 0 Å². The average molecular weight is 593 g/mol. The van der Waals surface area contributed by atoms with Crippen molar-refractivity contribution >= 4 is 34.8 Å². The number of aromatic nitrogens is 1. The minimum Gasteiger partial charge on any atom is -0.489 e. The van der Waals surface area contributed by atoms with Crippen molar-refractivity contribution in [3.05, 3.63) is 71.4 Å². The van der Waals surface area contributed by atoms with Gasteiger partial charge in [-0.2, -0.15) is 13.2 Å². The molecule has 1 aromatic heterocycles. The molecule has 1 saturated heterocycles. The number of pyridine rings is 1. The summed E-state index contributed by atoms with van der Waals surface area (Å²) < 4.78 is 42.4. The Hall–Kier alpha value is -4.92. The summed E-state index contributed by atoms with van der Waals surface area (Å²) in [5, 5.41) is 19.9. The van der Waals surface area contributed by atoms with E-state index in [4.69, 9.17) is 24.6 Å². The van der Waals surface area contributed by atoms with Crippen LogP contribution in [-0.2, 0) is 20.9 Å². The lowest BCUT2D eigenvalue weighted by molar-refractivity contribution is -0.192. The molecule has 3 amide bonds. The number of methoxy groups -OCH3 is 1. The molecule has 0 spiro atoms. The summed E-state index contributed by atoms with van der Waals surface area (Å²) in [4.78, 5) is 51.4. The highest BCUT2D eigenvalue weighted by Crippen LogP contribution is 2.22. The Labute approximate surface area is 237 Å². The number of nitrogens with zero attached hydrogens (tertiary/aromatic N) is 2. The number of nitrogens with one attached hydrogen (secondary N) is 2. The summed E-state index contributed by atoms with van der Waals surface area (Å²) in [5.74, 6) is -4.09. The highest BCUT2D eigenvalue weighted by atomic mass is 19.4. The number of amides is 3. The van der Waals surface area contributed by atoms with E-state index in [1.54, 1.807) is 29.7 Å². The smallest absolute Gasteiger partial charge is 0.489 e. The zero-order chi connectivity index (χ0) is 31.0. The lowest BCUT2D eigenvalue weighted by Crippen LogP contribution is -2.45. The number of ether oxygens (including phenoxy) is 2. The van der Waals surface area contributed by atoms with Gasteiger partial charge in [-0.3, -0.25) is 19.8 Å². The zero-order valence-electron chi connectivity index (χ0n) is 22.3. The number of carboxylic acids is 1. The van der Waals surface area contributed by atoms with Gasteiger partial charge in [0.05, 0.1) is 24.6 Å². The number of likely N-dealkylation sites (tertiary alicyclic amines) is 1. The quantitative estimate of drug-likeness (QED) is 0.248. The number of carboxylic acid groups (broad SMARTS) is 1. The molecular weight excluding hydrogens is 565 g/mol. The van der Waals surface area contributed by atoms with E-state index in [0.717, 1.165) is 22.2 Å². The number of hydroxylamine groups is 1. The fourth-order valence-electron chi connectivity index (χ4n) is 4.21. The maximum Gasteiger partial charge on any atom is 0.490 e. The number of rotatable bonds is 6. The summed E-state index contributed by atoms with van der Waals surface area (Å²) in [5.41, 5.74) is 4.77. The van der Waals surface area contributed by atoms with Crippen LogP contribution in [-0.4, -0.2) is 76.5 Å². The normalized spacial score (nSPS) is 16.2. The number of benzene rings is 2. The highest BCUT2D eigenvalue weighted by molar-refractivity contribution is 5.95. The number of alkyl halides is 3. The Morgan fingerprint density at radius 2 is 1.71 bits per heavy atom. The van der Waals surface area contributed by atoms with Gasteiger partial charge in [-0.1, -0.05) is 18.2 Å². The maximum absolute atomic E-state index is 12.8. The number of fused-ring (bicyclic) bond motifs is 1. The molecule has 2 aromatic carbocycles. The number of halogens is 3. The van der Waals surface area contributed by atoms with Crippen molar-refractivity contribution in [1.29, 1.82) is 0 Å². The molecule has 0 bridgehead atoms. The van der Waals surface area contributed by atoms with E-state index < -0.39 is 42.0 Å². The largest absolute Gasteiger partial charge is 0.490 e. The van der Waals surface area contributed by atoms with Crippen LogP contribution in [0.2, 0.25) is 0 Å². The molecule has 4 rings (SSSR count). The molecule has 42 heavy (non-hydrogen) atoms. The number of hydrogen-bond donors (Lipinski definition) is 4. The molecule has 12 nitrogen and oxygen atoms in total. The van der Waals surface area contributed by atoms with E-state index in [-0.39, 0.29) is 13.1 Å². The summed E-state index contributed by atoms with van der Waals surface area (Å²) >= 11 is 0. The molecule has 0 unspecified atom stereocenters. The van der Waals surface area contributed by atoms with E-state index in [0.29, 0.717) is 17.9 Å². The van der Waals surface area contributed by atoms with Crippen LogP contribution in [0.1, 0.15) is 21.6 Å². The number of hydrogen-bond acceptors (Lipinski definition) is 8. The van der Waals surface area contributed by atoms with Crippen molar-refractivity contribution in [3.63, 3.8) is 0 Å². The summed E-state index contributed by atoms with van der Waals surface area (Å²) in [6, 6.07) is 15.8. The van der Waals surface area contributed by atoms with Gasteiger partial charge in [0.15, 0.2) is 0 Å². The monoisotopic (exact) mass is 592 g/mol. The Balaban J connectivity index is 0.000000616. The van der Waals surface area contributed by atoms with Gasteiger partial charge >= 0.3 is 18.2 Å². The van der Waals surface area contributed by atoms with Crippen molar-refractivity contribution in [1.82, 2.24) is 20.7 Å². The minimum atomic E-state index is -5.08. The average Bonchev–Trinajstić information content (AvgIpc) is 3.38. The first-order valence-corrected chi connectivity index (χ1v) is 12.3. The van der Waals surface area contributed by atoms with E-state index in [1.807, 2.05) is 37.3 Å². The van der Waals surface area contributed by atoms with Crippen LogP contribution in [0.5, 0.6) is 5.75 Å². The van der Waals surface area contributed by atoms with Crippen molar-refractivity contribution in [2.24, 2.45) is 5.92 Å². The van der Waals surface area contributed by atoms with Crippen LogP contribution < -0.4 is 15.5 Å². The highest BCUT2D eigenvalue weighted by Gasteiger charge is 2.41. The summed E-state index contributed by atoms with van der Waals surface area (Å²) in [7, 11) is 1.23. The number of aryl methyl sites for hydroxylation is 1. The summed E-state index contributed by atoms with van der Waals surface area (Å²) in [6.07, 6.45) is -5.70. The second-order valence-electron chi connectivity index (χ2n) is 9.09. The summed E-state index contributed by atoms with van der Waals surface area (Å²) in [6.45, 7) is 2.38. The van der Waals surface area contributed by atoms with Crippen molar-refractivity contribution < 1.29 is 52.1 Å². The maximum atomic E-state index is 12.8. The Bertz CT molecular complexity index is 1450. The number of para-hydroxylation sites is 1. The first kappa shape index (κ1) is 31.6. The molecular formula is C27H27F3N4O8. The minimum absolute atomic E-state index is 0.0138. The van der Waals surface area contributed by atoms with Gasteiger partial charge in [0, 0.05) is 35.3 Å². The van der Waals surface area contributed by atoms with E-state index in [1.165, 1.54) is 12.0 Å². The predicted octanol–water partition coefficient (Wildman–Crippen LogP) is 3.06. The van der Waals surface area contributed by atoms with E-state index >= 15 is 0 Å². The van der Waals surface area contributed by atoms with Crippen LogP contribution in [0.25, 0.3) is 10.9 Å². The molecule has 0 radical (unpaired) electrons. The molecule has 224 valence electrons. The Kier molecular flexibility index (Phi) is 10.3. The van der Waals surface area contributed by atoms with Crippen LogP contribution in [0.4, 0.5) is 18.0 Å². The van der Waals surface area contributed by atoms with Crippen LogP contribution >= 0.6 is 0 Å². The van der Waals surface area contributed by atoms with Gasteiger partial charge in [0.1, 0.15) is 12.4 Å². The third kappa shape index (κ3) is 8.06. The molecule has 1 aliphatic heterocycles. The third-order valence-electron chi connectivity index (χ3n) is 6.20. The van der Waals surface area contributed by atoms with Gasteiger partial charge in [0.2, 0.25) is 5.91 Å². The number of carbonyl (C=O) groups is 4. The molecule has 15 heteroatoms. The Morgan fingerprint density at radius 1 is 1.07 bits per heavy atom. The molecule has 0 aliphatic carbocycles. The number of carbonyl (C=O) groups excluding carboxylic acids is 3. The van der Waals surface area contributed by atoms with Gasteiger partial charge < -0.3 is 24.8 Å². The number of aliphatic carboxylic acids is 1. The molecule has 1 fully saturated rings. The second-order valence-corrected chi connectivity index (χ2v) is 9.09. The zero-order valence-corrected chi connectivity index (χ0v) is 22.3. The lowest BCUT2D eigenvalue weighted by Gasteiger charge is -2.18. The van der Waals surface area contributed by atoms with Crippen LogP contribution in [0.15, 0.2) is 54.6 Å².